The highest BCUT2D eigenvalue weighted by Gasteiger charge is 2.23. The lowest BCUT2D eigenvalue weighted by Crippen LogP contribution is -2.31. The van der Waals surface area contributed by atoms with Crippen LogP contribution in [0.15, 0.2) is 53.1 Å². The maximum Gasteiger partial charge on any atom is 0.233 e. The second kappa shape index (κ2) is 7.84. The van der Waals surface area contributed by atoms with E-state index < -0.39 is 0 Å². The Kier molecular flexibility index (Phi) is 5.24. The first-order valence-electron chi connectivity index (χ1n) is 9.68. The minimum absolute atomic E-state index is 0.0164. The highest BCUT2D eigenvalue weighted by Crippen LogP contribution is 2.34. The molecule has 4 aromatic rings. The zero-order valence-corrected chi connectivity index (χ0v) is 18.0. The van der Waals surface area contributed by atoms with Crippen LogP contribution in [0.1, 0.15) is 33.6 Å². The van der Waals surface area contributed by atoms with E-state index in [9.17, 15) is 4.79 Å². The molecular weight excluding hydrogens is 380 g/mol. The molecule has 4 nitrogen and oxygen atoms in total. The molecule has 148 valence electrons. The monoisotopic (exact) mass is 404 g/mol. The van der Waals surface area contributed by atoms with E-state index in [-0.39, 0.29) is 5.91 Å². The van der Waals surface area contributed by atoms with Crippen LogP contribution in [0.3, 0.4) is 0 Å². The van der Waals surface area contributed by atoms with Gasteiger partial charge in [0, 0.05) is 0 Å². The number of benzene rings is 2. The Morgan fingerprint density at radius 1 is 1.03 bits per heavy atom. The molecule has 0 radical (unpaired) electrons. The van der Waals surface area contributed by atoms with Gasteiger partial charge in [-0.25, -0.2) is 4.98 Å². The number of furan rings is 1. The summed E-state index contributed by atoms with van der Waals surface area (Å²) >= 11 is 1.57. The predicted octanol–water partition coefficient (Wildman–Crippen LogP) is 5.90. The van der Waals surface area contributed by atoms with Crippen molar-refractivity contribution in [2.45, 2.75) is 40.7 Å². The van der Waals surface area contributed by atoms with Crippen molar-refractivity contribution < 1.29 is 9.21 Å². The Hall–Kier alpha value is -2.92. The smallest absolute Gasteiger partial charge is 0.233 e. The summed E-state index contributed by atoms with van der Waals surface area (Å²) in [6.45, 7) is 8.62. The van der Waals surface area contributed by atoms with Crippen molar-refractivity contribution in [2.75, 3.05) is 4.90 Å². The minimum Gasteiger partial charge on any atom is -0.467 e. The largest absolute Gasteiger partial charge is 0.467 e. The number of carbonyl (C=O) groups is 1. The number of amides is 1. The zero-order valence-electron chi connectivity index (χ0n) is 17.2. The summed E-state index contributed by atoms with van der Waals surface area (Å²) in [5.41, 5.74) is 6.63. The van der Waals surface area contributed by atoms with Gasteiger partial charge in [-0.15, -0.1) is 0 Å². The lowest BCUT2D eigenvalue weighted by atomic mass is 10.0. The van der Waals surface area contributed by atoms with Crippen LogP contribution in [-0.4, -0.2) is 10.9 Å². The number of fused-ring (bicyclic) bond motifs is 1. The molecule has 0 N–H and O–H groups in total. The maximum absolute atomic E-state index is 13.4. The van der Waals surface area contributed by atoms with E-state index in [1.54, 1.807) is 22.5 Å². The molecule has 0 bridgehead atoms. The highest BCUT2D eigenvalue weighted by molar-refractivity contribution is 7.22. The fourth-order valence-electron chi connectivity index (χ4n) is 3.49. The first-order chi connectivity index (χ1) is 13.9. The van der Waals surface area contributed by atoms with Crippen molar-refractivity contribution in [1.82, 2.24) is 4.98 Å². The molecule has 4 rings (SSSR count). The van der Waals surface area contributed by atoms with Gasteiger partial charge in [-0.05, 0) is 62.1 Å². The fraction of sp³-hybridized carbons (Fsp3) is 0.250. The number of aryl methyl sites for hydroxylation is 4. The SMILES string of the molecule is Cc1ccc(CC(=O)N(Cc2ccco2)c2nc3c(C)ccc(C)c3s2)c(C)c1. The van der Waals surface area contributed by atoms with Gasteiger partial charge in [-0.1, -0.05) is 47.2 Å². The summed E-state index contributed by atoms with van der Waals surface area (Å²) in [5, 5.41) is 0.712. The lowest BCUT2D eigenvalue weighted by molar-refractivity contribution is -0.118. The third-order valence-corrected chi connectivity index (χ3v) is 6.41. The Balaban J connectivity index is 1.72. The molecule has 0 fully saturated rings. The van der Waals surface area contributed by atoms with Gasteiger partial charge in [0.25, 0.3) is 0 Å². The summed E-state index contributed by atoms with van der Waals surface area (Å²) in [4.78, 5) is 20.0. The molecule has 5 heteroatoms. The number of carbonyl (C=O) groups excluding carboxylic acids is 1. The molecule has 2 heterocycles. The summed E-state index contributed by atoms with van der Waals surface area (Å²) in [6.07, 6.45) is 1.97. The van der Waals surface area contributed by atoms with Gasteiger partial charge in [-0.2, -0.15) is 0 Å². The Morgan fingerprint density at radius 3 is 2.52 bits per heavy atom. The second-order valence-electron chi connectivity index (χ2n) is 7.54. The quantitative estimate of drug-likeness (QED) is 0.416. The fourth-order valence-corrected chi connectivity index (χ4v) is 4.62. The van der Waals surface area contributed by atoms with E-state index in [1.807, 2.05) is 18.2 Å². The molecule has 0 aliphatic heterocycles. The van der Waals surface area contributed by atoms with E-state index in [0.29, 0.717) is 18.1 Å². The predicted molar refractivity (Wildman–Crippen MR) is 119 cm³/mol. The van der Waals surface area contributed by atoms with Gasteiger partial charge >= 0.3 is 0 Å². The summed E-state index contributed by atoms with van der Waals surface area (Å²) in [6, 6.07) is 14.1. The van der Waals surface area contributed by atoms with Crippen LogP contribution < -0.4 is 4.90 Å². The van der Waals surface area contributed by atoms with Crippen molar-refractivity contribution in [3.63, 3.8) is 0 Å². The van der Waals surface area contributed by atoms with Gasteiger partial charge in [0.1, 0.15) is 5.76 Å². The Morgan fingerprint density at radius 2 is 1.83 bits per heavy atom. The van der Waals surface area contributed by atoms with Crippen LogP contribution >= 0.6 is 11.3 Å². The number of hydrogen-bond donors (Lipinski definition) is 0. The minimum atomic E-state index is 0.0164. The second-order valence-corrected chi connectivity index (χ2v) is 8.52. The van der Waals surface area contributed by atoms with Gasteiger partial charge < -0.3 is 4.42 Å². The molecule has 0 saturated carbocycles. The average molecular weight is 405 g/mol. The molecule has 1 amide bonds. The molecule has 29 heavy (non-hydrogen) atoms. The molecule has 0 unspecified atom stereocenters. The summed E-state index contributed by atoms with van der Waals surface area (Å²) in [7, 11) is 0. The van der Waals surface area contributed by atoms with Crippen LogP contribution in [0.5, 0.6) is 0 Å². The molecule has 2 aromatic carbocycles. The van der Waals surface area contributed by atoms with Crippen molar-refractivity contribution in [1.29, 1.82) is 0 Å². The van der Waals surface area contributed by atoms with E-state index in [0.717, 1.165) is 32.7 Å². The maximum atomic E-state index is 13.4. The topological polar surface area (TPSA) is 46.3 Å². The third kappa shape index (κ3) is 3.96. The van der Waals surface area contributed by atoms with E-state index >= 15 is 0 Å². The first kappa shape index (κ1) is 19.4. The van der Waals surface area contributed by atoms with Crippen molar-refractivity contribution in [3.05, 3.63) is 82.3 Å². The highest BCUT2D eigenvalue weighted by atomic mass is 32.1. The van der Waals surface area contributed by atoms with Crippen LogP contribution in [-0.2, 0) is 17.8 Å². The van der Waals surface area contributed by atoms with Crippen LogP contribution in [0.4, 0.5) is 5.13 Å². The number of thiazole rings is 1. The molecule has 2 aromatic heterocycles. The van der Waals surface area contributed by atoms with Crippen LogP contribution in [0, 0.1) is 27.7 Å². The molecule has 0 saturated heterocycles. The number of hydrogen-bond acceptors (Lipinski definition) is 4. The Bertz CT molecular complexity index is 1140. The zero-order chi connectivity index (χ0) is 20.5. The number of nitrogens with zero attached hydrogens (tertiary/aromatic N) is 2. The van der Waals surface area contributed by atoms with Gasteiger partial charge in [0.15, 0.2) is 5.13 Å². The number of anilines is 1. The molecular formula is C24H24N2O2S. The van der Waals surface area contributed by atoms with Gasteiger partial charge in [0.2, 0.25) is 5.91 Å². The summed E-state index contributed by atoms with van der Waals surface area (Å²) in [5.74, 6) is 0.759. The van der Waals surface area contributed by atoms with Crippen LogP contribution in [0.25, 0.3) is 10.2 Å². The molecule has 0 aliphatic carbocycles. The van der Waals surface area contributed by atoms with Crippen molar-refractivity contribution in [2.24, 2.45) is 0 Å². The van der Waals surface area contributed by atoms with E-state index in [2.05, 4.69) is 52.0 Å². The van der Waals surface area contributed by atoms with Crippen LogP contribution in [0.2, 0.25) is 0 Å². The standard InChI is InChI=1S/C24H24N2O2S/c1-15-7-10-19(18(4)12-15)13-21(27)26(14-20-6-5-11-28-20)24-25-22-16(2)8-9-17(3)23(22)29-24/h5-12H,13-14H2,1-4H3. The molecule has 0 atom stereocenters. The number of aromatic nitrogens is 1. The van der Waals surface area contributed by atoms with E-state index in [4.69, 9.17) is 9.40 Å². The van der Waals surface area contributed by atoms with Crippen molar-refractivity contribution >= 4 is 32.6 Å². The normalized spacial score (nSPS) is 11.2. The lowest BCUT2D eigenvalue weighted by Gasteiger charge is -2.19. The molecule has 0 aliphatic rings. The van der Waals surface area contributed by atoms with Gasteiger partial charge in [0.05, 0.1) is 29.4 Å². The van der Waals surface area contributed by atoms with Gasteiger partial charge in [-0.3, -0.25) is 9.69 Å². The number of rotatable bonds is 5. The van der Waals surface area contributed by atoms with Crippen molar-refractivity contribution in [3.8, 4) is 0 Å². The third-order valence-electron chi connectivity index (χ3n) is 5.20. The average Bonchev–Trinajstić information content (AvgIpc) is 3.35. The molecule has 0 spiro atoms. The van der Waals surface area contributed by atoms with E-state index in [1.165, 1.54) is 11.1 Å². The first-order valence-corrected chi connectivity index (χ1v) is 10.5. The summed E-state index contributed by atoms with van der Waals surface area (Å²) < 4.78 is 6.66. The Labute approximate surface area is 174 Å².